The van der Waals surface area contributed by atoms with Gasteiger partial charge in [-0.2, -0.15) is 0 Å². The number of hydrogen-bond acceptors (Lipinski definition) is 2. The van der Waals surface area contributed by atoms with E-state index >= 15 is 0 Å². The van der Waals surface area contributed by atoms with Crippen LogP contribution in [-0.4, -0.2) is 48.3 Å². The Morgan fingerprint density at radius 1 is 0.838 bits per heavy atom. The second kappa shape index (κ2) is 9.97. The van der Waals surface area contributed by atoms with E-state index in [0.717, 1.165) is 41.2 Å². The molecule has 0 aromatic carbocycles. The Bertz CT molecular complexity index is 866. The Kier molecular flexibility index (Phi) is 7.39. The molecule has 2 nitrogen and oxygen atoms in total. The summed E-state index contributed by atoms with van der Waals surface area (Å²) < 4.78 is 0. The zero-order chi connectivity index (χ0) is 26.2. The van der Waals surface area contributed by atoms with Gasteiger partial charge in [-0.15, -0.1) is 9.24 Å². The molecule has 4 saturated carbocycles. The van der Waals surface area contributed by atoms with E-state index in [1.807, 2.05) is 5.57 Å². The molecule has 5 unspecified atom stereocenters. The van der Waals surface area contributed by atoms with E-state index in [2.05, 4.69) is 73.6 Å². The molecule has 2 aliphatic heterocycles. The highest BCUT2D eigenvalue weighted by Gasteiger charge is 2.54. The van der Waals surface area contributed by atoms with Crippen LogP contribution in [0.3, 0.4) is 0 Å². The first-order chi connectivity index (χ1) is 17.4. The highest BCUT2D eigenvalue weighted by Crippen LogP contribution is 2.69. The largest absolute Gasteiger partial charge is 0.316 e. The molecule has 0 aromatic rings. The summed E-state index contributed by atoms with van der Waals surface area (Å²) in [5, 5.41) is 8.18. The van der Waals surface area contributed by atoms with Crippen LogP contribution in [0.15, 0.2) is 23.3 Å². The van der Waals surface area contributed by atoms with Crippen LogP contribution in [0.1, 0.15) is 86.5 Å². The van der Waals surface area contributed by atoms with Crippen LogP contribution < -0.4 is 10.6 Å². The molecule has 5 aliphatic carbocycles. The molecule has 0 amide bonds. The van der Waals surface area contributed by atoms with Gasteiger partial charge in [-0.3, -0.25) is 0 Å². The summed E-state index contributed by atoms with van der Waals surface area (Å²) in [6.45, 7) is 20.0. The van der Waals surface area contributed by atoms with Crippen LogP contribution in [0.4, 0.5) is 0 Å². The fourth-order valence-electron chi connectivity index (χ4n) is 10.1. The van der Waals surface area contributed by atoms with E-state index in [1.54, 1.807) is 37.7 Å². The van der Waals surface area contributed by atoms with Gasteiger partial charge >= 0.3 is 0 Å². The van der Waals surface area contributed by atoms with E-state index in [9.17, 15) is 0 Å². The van der Waals surface area contributed by atoms with Crippen molar-refractivity contribution in [1.82, 2.24) is 10.6 Å². The van der Waals surface area contributed by atoms with Crippen molar-refractivity contribution < 1.29 is 0 Å². The Balaban J connectivity index is 1.36. The number of nitrogens with one attached hydrogen (secondary N) is 2. The van der Waals surface area contributed by atoms with Gasteiger partial charge in [0.15, 0.2) is 0 Å². The SMILES string of the molecule is CC(C)(C)C1=CC(CP(C2C3CC4CC(C3)CC2C4)C(C)(C)C)C(C(P)(C2CCNC2)C2CCNC2)=C1. The number of hydrogen-bond donors (Lipinski definition) is 2. The van der Waals surface area contributed by atoms with Crippen LogP contribution in [0.2, 0.25) is 0 Å². The van der Waals surface area contributed by atoms with E-state index < -0.39 is 0 Å². The zero-order valence-electron chi connectivity index (χ0n) is 24.8. The van der Waals surface area contributed by atoms with Gasteiger partial charge in [-0.25, -0.2) is 0 Å². The summed E-state index contributed by atoms with van der Waals surface area (Å²) in [6.07, 6.45) is 17.5. The maximum atomic E-state index is 3.76. The third-order valence-electron chi connectivity index (χ3n) is 11.7. The van der Waals surface area contributed by atoms with Gasteiger partial charge in [0.25, 0.3) is 0 Å². The van der Waals surface area contributed by atoms with Gasteiger partial charge in [-0.1, -0.05) is 67.2 Å². The predicted octanol–water partition coefficient (Wildman–Crippen LogP) is 7.45. The molecular formula is C33H56N2P2. The van der Waals surface area contributed by atoms with Crippen LogP contribution in [-0.2, 0) is 0 Å². The first kappa shape index (κ1) is 27.4. The zero-order valence-corrected chi connectivity index (χ0v) is 26.8. The van der Waals surface area contributed by atoms with Gasteiger partial charge in [-0.05, 0) is 135 Å². The topological polar surface area (TPSA) is 24.1 Å². The maximum absolute atomic E-state index is 3.76. The second-order valence-electron chi connectivity index (χ2n) is 16.1. The smallest absolute Gasteiger partial charge is 0.0147 e. The molecule has 4 heteroatoms. The summed E-state index contributed by atoms with van der Waals surface area (Å²) in [7, 11) is 3.52. The van der Waals surface area contributed by atoms with Gasteiger partial charge in [0.2, 0.25) is 0 Å². The van der Waals surface area contributed by atoms with Crippen molar-refractivity contribution >= 4 is 17.2 Å². The molecule has 6 fully saturated rings. The maximum Gasteiger partial charge on any atom is 0.0147 e. The first-order valence-corrected chi connectivity index (χ1v) is 18.0. The van der Waals surface area contributed by atoms with Crippen molar-refractivity contribution in [2.45, 2.75) is 102 Å². The molecule has 5 atom stereocenters. The lowest BCUT2D eigenvalue weighted by molar-refractivity contribution is 0.0242. The molecule has 2 heterocycles. The summed E-state index contributed by atoms with van der Waals surface area (Å²) >= 11 is 0. The second-order valence-corrected chi connectivity index (χ2v) is 20.3. The van der Waals surface area contributed by atoms with Gasteiger partial charge in [0, 0.05) is 11.1 Å². The molecule has 7 rings (SSSR count). The average Bonchev–Trinajstić information content (AvgIpc) is 3.58. The average molecular weight is 543 g/mol. The number of rotatable bonds is 6. The fourth-order valence-corrected chi connectivity index (χ4v) is 14.9. The van der Waals surface area contributed by atoms with Gasteiger partial charge in [0.05, 0.1) is 0 Å². The van der Waals surface area contributed by atoms with Crippen molar-refractivity contribution in [3.63, 3.8) is 0 Å². The lowest BCUT2D eigenvalue weighted by Crippen LogP contribution is -2.50. The monoisotopic (exact) mass is 542 g/mol. The van der Waals surface area contributed by atoms with Crippen LogP contribution in [0.25, 0.3) is 0 Å². The predicted molar refractivity (Wildman–Crippen MR) is 166 cm³/mol. The summed E-state index contributed by atoms with van der Waals surface area (Å²) in [5.41, 5.74) is 4.67. The molecule has 2 N–H and O–H groups in total. The molecule has 0 radical (unpaired) electrons. The minimum absolute atomic E-state index is 0.0416. The van der Waals surface area contributed by atoms with E-state index in [1.165, 1.54) is 45.2 Å². The van der Waals surface area contributed by atoms with E-state index in [-0.39, 0.29) is 18.5 Å². The Morgan fingerprint density at radius 3 is 1.81 bits per heavy atom. The van der Waals surface area contributed by atoms with Crippen molar-refractivity contribution in [1.29, 1.82) is 0 Å². The van der Waals surface area contributed by atoms with Crippen molar-refractivity contribution in [2.24, 2.45) is 46.8 Å². The molecule has 7 aliphatic rings. The molecule has 2 saturated heterocycles. The van der Waals surface area contributed by atoms with Crippen LogP contribution in [0, 0.1) is 46.8 Å². The molecule has 37 heavy (non-hydrogen) atoms. The molecule has 0 spiro atoms. The van der Waals surface area contributed by atoms with Crippen molar-refractivity contribution in [3.8, 4) is 0 Å². The highest BCUT2D eigenvalue weighted by atomic mass is 31.1. The van der Waals surface area contributed by atoms with Crippen molar-refractivity contribution in [2.75, 3.05) is 32.3 Å². The van der Waals surface area contributed by atoms with Gasteiger partial charge < -0.3 is 10.6 Å². The minimum atomic E-state index is -0.0416. The summed E-state index contributed by atoms with van der Waals surface area (Å²) in [6, 6.07) is 0. The Hall–Kier alpha value is 0.260. The third kappa shape index (κ3) is 5.00. The Labute approximate surface area is 232 Å². The summed E-state index contributed by atoms with van der Waals surface area (Å²) in [5.74, 6) is 6.36. The standard InChI is InChI=1S/C33H56N2P2/c1-31(2,3)28-16-25(29(17-28)33(36,26-7-9-34-18-26)27-8-10-35-19-27)20-37(32(4,5)6)30-23-12-21-11-22(14-23)15-24(30)13-21/h16-17,21-27,30,34-35H,7-15,18-20,36H2,1-6H3. The van der Waals surface area contributed by atoms with E-state index in [4.69, 9.17) is 0 Å². The van der Waals surface area contributed by atoms with Crippen LogP contribution >= 0.6 is 17.2 Å². The van der Waals surface area contributed by atoms with Crippen LogP contribution in [0.5, 0.6) is 0 Å². The Morgan fingerprint density at radius 2 is 1.38 bits per heavy atom. The van der Waals surface area contributed by atoms with E-state index in [0.29, 0.717) is 11.1 Å². The number of allylic oxidation sites excluding steroid dienone is 4. The lowest BCUT2D eigenvalue weighted by atomic mass is 9.56. The first-order valence-electron chi connectivity index (χ1n) is 15.9. The molecular weight excluding hydrogens is 486 g/mol. The third-order valence-corrected chi connectivity index (χ3v) is 17.1. The minimum Gasteiger partial charge on any atom is -0.316 e. The van der Waals surface area contributed by atoms with Crippen molar-refractivity contribution in [3.05, 3.63) is 23.3 Å². The quantitative estimate of drug-likeness (QED) is 0.341. The van der Waals surface area contributed by atoms with Gasteiger partial charge in [0.1, 0.15) is 0 Å². The fraction of sp³-hybridized carbons (Fsp3) is 0.879. The summed E-state index contributed by atoms with van der Waals surface area (Å²) in [4.78, 5) is 0. The normalized spacial score (nSPS) is 42.1. The molecule has 208 valence electrons. The lowest BCUT2D eigenvalue weighted by Gasteiger charge is -2.59. The molecule has 0 aromatic heterocycles. The highest BCUT2D eigenvalue weighted by molar-refractivity contribution is 7.60. The molecule has 4 bridgehead atoms.